The minimum atomic E-state index is 0.323. The summed E-state index contributed by atoms with van der Waals surface area (Å²) in [6.45, 7) is 0. The highest BCUT2D eigenvalue weighted by atomic mass is 14.5. The summed E-state index contributed by atoms with van der Waals surface area (Å²) in [5.41, 5.74) is 9.45. The van der Waals surface area contributed by atoms with Crippen LogP contribution in [0, 0.1) is 0 Å². The number of hydrogen-bond acceptors (Lipinski definition) is 0. The summed E-state index contributed by atoms with van der Waals surface area (Å²) in [4.78, 5) is 0. The fourth-order valence-electron chi connectivity index (χ4n) is 1.18. The van der Waals surface area contributed by atoms with Crippen molar-refractivity contribution in [2.75, 3.05) is 0 Å². The lowest BCUT2D eigenvalue weighted by Gasteiger charge is -1.95. The van der Waals surface area contributed by atoms with Gasteiger partial charge in [-0.3, -0.25) is 0 Å². The van der Waals surface area contributed by atoms with Gasteiger partial charge in [-0.15, -0.1) is 0 Å². The molecule has 0 amide bonds. The molecule has 1 nitrogen and oxygen atoms in total. The Morgan fingerprint density at radius 2 is 1.55 bits per heavy atom. The predicted molar refractivity (Wildman–Crippen MR) is 45.7 cm³/mol. The van der Waals surface area contributed by atoms with Gasteiger partial charge in [0.2, 0.25) is 0 Å². The van der Waals surface area contributed by atoms with Gasteiger partial charge < -0.3 is 0 Å². The summed E-state index contributed by atoms with van der Waals surface area (Å²) in [5.74, 6) is 0. The molecule has 0 atom stereocenters. The largest absolute Gasteiger partial charge is 0.151 e. The number of fused-ring (bicyclic) bond motifs is 1. The van der Waals surface area contributed by atoms with Gasteiger partial charge in [-0.2, -0.15) is 5.73 Å². The van der Waals surface area contributed by atoms with Crippen LogP contribution in [0.5, 0.6) is 0 Å². The Morgan fingerprint density at radius 1 is 0.818 bits per heavy atom. The molecule has 11 heavy (non-hydrogen) atoms. The Hall–Kier alpha value is -1.50. The Balaban J connectivity index is 2.83. The molecule has 2 rings (SSSR count). The summed E-state index contributed by atoms with van der Waals surface area (Å²) in [6, 6.07) is 13.3. The van der Waals surface area contributed by atoms with Gasteiger partial charge >= 0.3 is 0 Å². The van der Waals surface area contributed by atoms with E-state index in [1.807, 2.05) is 30.3 Å². The van der Waals surface area contributed by atoms with Crippen molar-refractivity contribution in [2.45, 2.75) is 0 Å². The van der Waals surface area contributed by atoms with Crippen molar-refractivity contribution in [1.29, 1.82) is 0 Å². The lowest BCUT2D eigenvalue weighted by Crippen LogP contribution is -1.71. The lowest BCUT2D eigenvalue weighted by molar-refractivity contribution is 1.51. The molecule has 0 aromatic heterocycles. The van der Waals surface area contributed by atoms with Gasteiger partial charge in [-0.05, 0) is 22.9 Å². The van der Waals surface area contributed by atoms with Crippen molar-refractivity contribution >= 4 is 16.5 Å². The molecule has 2 radical (unpaired) electrons. The summed E-state index contributed by atoms with van der Waals surface area (Å²) in [6.07, 6.45) is 0. The molecule has 0 N–H and O–H groups in total. The predicted octanol–water partition coefficient (Wildman–Crippen LogP) is 2.54. The molecule has 0 heterocycles. The summed E-state index contributed by atoms with van der Waals surface area (Å²) in [5, 5.41) is 2.23. The van der Waals surface area contributed by atoms with E-state index in [-0.39, 0.29) is 0 Å². The van der Waals surface area contributed by atoms with Crippen molar-refractivity contribution in [3.63, 3.8) is 0 Å². The molecule has 0 saturated heterocycles. The molecule has 2 aromatic rings. The SMILES string of the molecule is [N]c1ccc2ccccc2c1. The Bertz CT molecular complexity index is 379. The van der Waals surface area contributed by atoms with Crippen LogP contribution in [0.25, 0.3) is 10.8 Å². The molecule has 0 aliphatic heterocycles. The lowest BCUT2D eigenvalue weighted by atomic mass is 10.1. The van der Waals surface area contributed by atoms with Gasteiger partial charge in [0.15, 0.2) is 0 Å². The highest BCUT2D eigenvalue weighted by Crippen LogP contribution is 2.16. The molecule has 52 valence electrons. The van der Waals surface area contributed by atoms with Crippen LogP contribution in [0.2, 0.25) is 0 Å². The molecular formula is C10H7N. The smallest absolute Gasteiger partial charge is 0.0863 e. The van der Waals surface area contributed by atoms with E-state index >= 15 is 0 Å². The van der Waals surface area contributed by atoms with Crippen LogP contribution < -0.4 is 5.73 Å². The van der Waals surface area contributed by atoms with Crippen molar-refractivity contribution in [3.8, 4) is 0 Å². The van der Waals surface area contributed by atoms with Crippen LogP contribution in [-0.4, -0.2) is 0 Å². The fourth-order valence-corrected chi connectivity index (χ4v) is 1.18. The Kier molecular flexibility index (Phi) is 1.29. The summed E-state index contributed by atoms with van der Waals surface area (Å²) < 4.78 is 0. The first-order valence-corrected chi connectivity index (χ1v) is 3.54. The minimum Gasteiger partial charge on any atom is -0.151 e. The monoisotopic (exact) mass is 141 g/mol. The van der Waals surface area contributed by atoms with Gasteiger partial charge in [0.1, 0.15) is 0 Å². The van der Waals surface area contributed by atoms with Crippen LogP contribution in [0.15, 0.2) is 42.5 Å². The summed E-state index contributed by atoms with van der Waals surface area (Å²) >= 11 is 0. The molecule has 0 unspecified atom stereocenters. The normalized spacial score (nSPS) is 10.2. The van der Waals surface area contributed by atoms with E-state index in [2.05, 4.69) is 0 Å². The maximum Gasteiger partial charge on any atom is 0.0863 e. The van der Waals surface area contributed by atoms with Crippen LogP contribution in [0.4, 0.5) is 5.69 Å². The molecule has 0 saturated carbocycles. The van der Waals surface area contributed by atoms with E-state index in [4.69, 9.17) is 5.73 Å². The second-order valence-electron chi connectivity index (χ2n) is 2.53. The first-order valence-electron chi connectivity index (χ1n) is 3.54. The van der Waals surface area contributed by atoms with E-state index in [0.29, 0.717) is 5.69 Å². The third-order valence-electron chi connectivity index (χ3n) is 1.73. The Labute approximate surface area is 65.5 Å². The van der Waals surface area contributed by atoms with E-state index in [9.17, 15) is 0 Å². The highest BCUT2D eigenvalue weighted by Gasteiger charge is 1.91. The van der Waals surface area contributed by atoms with Gasteiger partial charge in [0.25, 0.3) is 0 Å². The zero-order chi connectivity index (χ0) is 7.68. The standard InChI is InChI=1S/C10H7N/c11-10-6-5-8-3-1-2-4-9(8)7-10/h1-7H. The van der Waals surface area contributed by atoms with E-state index in [0.717, 1.165) is 10.8 Å². The number of nitrogens with zero attached hydrogens (tertiary/aromatic N) is 1. The number of benzene rings is 2. The van der Waals surface area contributed by atoms with E-state index in [1.165, 1.54) is 0 Å². The maximum atomic E-state index is 9.13. The van der Waals surface area contributed by atoms with Gasteiger partial charge in [-0.1, -0.05) is 30.3 Å². The third kappa shape index (κ3) is 1.05. The fraction of sp³-hybridized carbons (Fsp3) is 0. The average Bonchev–Trinajstić information content (AvgIpc) is 2.04. The Morgan fingerprint density at radius 3 is 2.36 bits per heavy atom. The van der Waals surface area contributed by atoms with Crippen molar-refractivity contribution in [1.82, 2.24) is 5.73 Å². The molecule has 0 aliphatic rings. The molecular weight excluding hydrogens is 134 g/mol. The van der Waals surface area contributed by atoms with Gasteiger partial charge in [0, 0.05) is 0 Å². The van der Waals surface area contributed by atoms with Gasteiger partial charge in [-0.25, -0.2) is 0 Å². The zero-order valence-corrected chi connectivity index (χ0v) is 5.99. The first kappa shape index (κ1) is 6.23. The third-order valence-corrected chi connectivity index (χ3v) is 1.73. The van der Waals surface area contributed by atoms with Crippen molar-refractivity contribution in [2.24, 2.45) is 0 Å². The first-order chi connectivity index (χ1) is 5.36. The molecule has 0 fully saturated rings. The average molecular weight is 141 g/mol. The van der Waals surface area contributed by atoms with Gasteiger partial charge in [0.05, 0.1) is 5.69 Å². The van der Waals surface area contributed by atoms with Crippen molar-refractivity contribution < 1.29 is 0 Å². The van der Waals surface area contributed by atoms with Crippen LogP contribution >= 0.6 is 0 Å². The maximum absolute atomic E-state index is 9.13. The highest BCUT2D eigenvalue weighted by molar-refractivity contribution is 5.84. The molecule has 2 aromatic carbocycles. The van der Waals surface area contributed by atoms with Crippen molar-refractivity contribution in [3.05, 3.63) is 42.5 Å². The van der Waals surface area contributed by atoms with Crippen LogP contribution in [0.3, 0.4) is 0 Å². The molecule has 0 bridgehead atoms. The number of rotatable bonds is 0. The second kappa shape index (κ2) is 2.27. The van der Waals surface area contributed by atoms with E-state index < -0.39 is 0 Å². The van der Waals surface area contributed by atoms with E-state index in [1.54, 1.807) is 12.1 Å². The topological polar surface area (TPSA) is 22.3 Å². The molecule has 0 spiro atoms. The quantitative estimate of drug-likeness (QED) is 0.538. The second-order valence-corrected chi connectivity index (χ2v) is 2.53. The van der Waals surface area contributed by atoms with Crippen LogP contribution in [-0.2, 0) is 0 Å². The summed E-state index contributed by atoms with van der Waals surface area (Å²) in [7, 11) is 0. The zero-order valence-electron chi connectivity index (χ0n) is 5.99. The molecule has 1 heteroatoms. The van der Waals surface area contributed by atoms with Crippen LogP contribution in [0.1, 0.15) is 0 Å². The number of hydrogen-bond donors (Lipinski definition) is 0. The molecule has 0 aliphatic carbocycles. The minimum absolute atomic E-state index is 0.323.